The predicted octanol–water partition coefficient (Wildman–Crippen LogP) is 5.91. The summed E-state index contributed by atoms with van der Waals surface area (Å²) in [5, 5.41) is 8.77. The zero-order valence-electron chi connectivity index (χ0n) is 19.8. The molecule has 34 heavy (non-hydrogen) atoms. The molecule has 4 nitrogen and oxygen atoms in total. The first-order valence-electron chi connectivity index (χ1n) is 11.7. The van der Waals surface area contributed by atoms with Crippen LogP contribution in [0.2, 0.25) is 0 Å². The van der Waals surface area contributed by atoms with Crippen LogP contribution in [0.25, 0.3) is 0 Å². The van der Waals surface area contributed by atoms with Crippen LogP contribution in [0.3, 0.4) is 0 Å². The third-order valence-electron chi connectivity index (χ3n) is 5.93. The van der Waals surface area contributed by atoms with Gasteiger partial charge in [0.25, 0.3) is 0 Å². The Morgan fingerprint density at radius 3 is 2.26 bits per heavy atom. The first-order chi connectivity index (χ1) is 16.6. The third-order valence-corrected chi connectivity index (χ3v) is 5.93. The van der Waals surface area contributed by atoms with Crippen LogP contribution in [0, 0.1) is 12.3 Å². The summed E-state index contributed by atoms with van der Waals surface area (Å²) in [4.78, 5) is 13.2. The van der Waals surface area contributed by atoms with Gasteiger partial charge in [-0.15, -0.1) is 12.3 Å². The molecule has 1 N–H and O–H groups in total. The maximum atomic E-state index is 10.7. The Hall–Kier alpha value is -3.55. The van der Waals surface area contributed by atoms with Gasteiger partial charge < -0.3 is 9.84 Å². The van der Waals surface area contributed by atoms with Crippen molar-refractivity contribution in [2.75, 3.05) is 13.1 Å². The van der Waals surface area contributed by atoms with Gasteiger partial charge in [-0.05, 0) is 66.6 Å². The number of carboxylic acids is 1. The predicted molar refractivity (Wildman–Crippen MR) is 137 cm³/mol. The Bertz CT molecular complexity index is 1050. The van der Waals surface area contributed by atoms with E-state index in [2.05, 4.69) is 71.8 Å². The Kier molecular flexibility index (Phi) is 9.76. The number of carboxylic acid groups (broad SMARTS) is 1. The molecule has 0 spiro atoms. The lowest BCUT2D eigenvalue weighted by molar-refractivity contribution is -0.136. The zero-order chi connectivity index (χ0) is 24.2. The van der Waals surface area contributed by atoms with E-state index < -0.39 is 5.97 Å². The molecule has 1 aliphatic heterocycles. The number of ether oxygens (including phenoxy) is 1. The number of nitrogens with zero attached hydrogens (tertiary/aromatic N) is 1. The van der Waals surface area contributed by atoms with Crippen molar-refractivity contribution in [2.24, 2.45) is 0 Å². The summed E-state index contributed by atoms with van der Waals surface area (Å²) in [7, 11) is 0. The summed E-state index contributed by atoms with van der Waals surface area (Å²) in [5.74, 6) is 2.92. The van der Waals surface area contributed by atoms with Gasteiger partial charge in [0.1, 0.15) is 12.4 Å². The van der Waals surface area contributed by atoms with E-state index in [1.807, 2.05) is 24.3 Å². The second kappa shape index (κ2) is 13.2. The highest BCUT2D eigenvalue weighted by Gasteiger charge is 2.23. The SMILES string of the molecule is C#CC.O=C(O)CCc1ccc(OCc2ccc(CN3CCC(c4ccccc4)C3)cc2)cc1. The van der Waals surface area contributed by atoms with Gasteiger partial charge in [-0.1, -0.05) is 66.7 Å². The number of rotatable bonds is 9. The minimum absolute atomic E-state index is 0.150. The Morgan fingerprint density at radius 1 is 1.00 bits per heavy atom. The van der Waals surface area contributed by atoms with Crippen molar-refractivity contribution >= 4 is 5.97 Å². The first kappa shape index (κ1) is 25.1. The molecule has 0 radical (unpaired) electrons. The van der Waals surface area contributed by atoms with E-state index in [0.29, 0.717) is 18.9 Å². The molecule has 4 heteroatoms. The molecule has 176 valence electrons. The lowest BCUT2D eigenvalue weighted by Gasteiger charge is -2.16. The van der Waals surface area contributed by atoms with Gasteiger partial charge in [0.05, 0.1) is 0 Å². The van der Waals surface area contributed by atoms with E-state index >= 15 is 0 Å². The minimum atomic E-state index is -0.774. The minimum Gasteiger partial charge on any atom is -0.489 e. The molecule has 0 saturated carbocycles. The first-order valence-corrected chi connectivity index (χ1v) is 11.7. The van der Waals surface area contributed by atoms with Crippen molar-refractivity contribution < 1.29 is 14.6 Å². The topological polar surface area (TPSA) is 49.8 Å². The van der Waals surface area contributed by atoms with Crippen molar-refractivity contribution in [2.45, 2.75) is 45.3 Å². The number of aliphatic carboxylic acids is 1. The third kappa shape index (κ3) is 8.10. The highest BCUT2D eigenvalue weighted by molar-refractivity contribution is 5.67. The molecule has 1 atom stereocenters. The Morgan fingerprint density at radius 2 is 1.62 bits per heavy atom. The van der Waals surface area contributed by atoms with E-state index in [4.69, 9.17) is 9.84 Å². The standard InChI is InChI=1S/C27H29NO3.C3H4/c29-27(30)15-12-21-10-13-26(14-11-21)31-20-23-8-6-22(7-9-23)18-28-17-16-25(19-28)24-4-2-1-3-5-24;1-3-2/h1-11,13-14,25H,12,15-20H2,(H,29,30);1H,2H3. The summed E-state index contributed by atoms with van der Waals surface area (Å²) in [6.45, 7) is 5.43. The van der Waals surface area contributed by atoms with E-state index in [1.165, 1.54) is 17.5 Å². The molecule has 1 saturated heterocycles. The van der Waals surface area contributed by atoms with Crippen LogP contribution in [0.15, 0.2) is 78.9 Å². The summed E-state index contributed by atoms with van der Waals surface area (Å²) in [6.07, 6.45) is 6.52. The molecule has 1 aliphatic rings. The molecule has 0 aliphatic carbocycles. The second-order valence-corrected chi connectivity index (χ2v) is 8.56. The molecular formula is C30H33NO3. The lowest BCUT2D eigenvalue weighted by atomic mass is 9.99. The monoisotopic (exact) mass is 455 g/mol. The molecule has 3 aromatic rings. The number of benzene rings is 3. The molecule has 1 unspecified atom stereocenters. The summed E-state index contributed by atoms with van der Waals surface area (Å²) in [6, 6.07) is 27.2. The van der Waals surface area contributed by atoms with Gasteiger partial charge in [0.2, 0.25) is 0 Å². The van der Waals surface area contributed by atoms with Crippen LogP contribution >= 0.6 is 0 Å². The number of hydrogen-bond acceptors (Lipinski definition) is 3. The largest absolute Gasteiger partial charge is 0.489 e. The molecular weight excluding hydrogens is 422 g/mol. The smallest absolute Gasteiger partial charge is 0.303 e. The fourth-order valence-corrected chi connectivity index (χ4v) is 4.14. The number of hydrogen-bond donors (Lipinski definition) is 1. The van der Waals surface area contributed by atoms with Crippen molar-refractivity contribution in [1.82, 2.24) is 4.90 Å². The molecule has 3 aromatic carbocycles. The van der Waals surface area contributed by atoms with Gasteiger partial charge >= 0.3 is 5.97 Å². The van der Waals surface area contributed by atoms with Crippen molar-refractivity contribution in [1.29, 1.82) is 0 Å². The molecule has 1 fully saturated rings. The highest BCUT2D eigenvalue weighted by atomic mass is 16.5. The van der Waals surface area contributed by atoms with E-state index in [-0.39, 0.29) is 6.42 Å². The molecule has 4 rings (SSSR count). The molecule has 0 bridgehead atoms. The van der Waals surface area contributed by atoms with Crippen molar-refractivity contribution in [3.63, 3.8) is 0 Å². The maximum Gasteiger partial charge on any atom is 0.303 e. The lowest BCUT2D eigenvalue weighted by Crippen LogP contribution is -2.19. The molecule has 1 heterocycles. The second-order valence-electron chi connectivity index (χ2n) is 8.56. The summed E-state index contributed by atoms with van der Waals surface area (Å²) < 4.78 is 5.88. The average Bonchev–Trinajstić information content (AvgIpc) is 3.32. The van der Waals surface area contributed by atoms with Crippen LogP contribution in [0.5, 0.6) is 5.75 Å². The quantitative estimate of drug-likeness (QED) is 0.408. The summed E-state index contributed by atoms with van der Waals surface area (Å²) in [5.41, 5.74) is 4.94. The maximum absolute atomic E-state index is 10.7. The van der Waals surface area contributed by atoms with Crippen LogP contribution < -0.4 is 4.74 Å². The zero-order valence-corrected chi connectivity index (χ0v) is 19.8. The fraction of sp³-hybridized carbons (Fsp3) is 0.300. The van der Waals surface area contributed by atoms with Crippen LogP contribution in [0.4, 0.5) is 0 Å². The fourth-order valence-electron chi connectivity index (χ4n) is 4.14. The number of terminal acetylenes is 1. The van der Waals surface area contributed by atoms with Crippen molar-refractivity contribution in [3.8, 4) is 18.1 Å². The number of aryl methyl sites for hydroxylation is 1. The van der Waals surface area contributed by atoms with Gasteiger partial charge in [0, 0.05) is 19.5 Å². The molecule has 0 aromatic heterocycles. The van der Waals surface area contributed by atoms with E-state index in [1.54, 1.807) is 6.92 Å². The van der Waals surface area contributed by atoms with Gasteiger partial charge in [-0.3, -0.25) is 9.69 Å². The van der Waals surface area contributed by atoms with Gasteiger partial charge in [0.15, 0.2) is 0 Å². The number of likely N-dealkylation sites (tertiary alicyclic amines) is 1. The van der Waals surface area contributed by atoms with Gasteiger partial charge in [-0.2, -0.15) is 0 Å². The van der Waals surface area contributed by atoms with Crippen LogP contribution in [0.1, 0.15) is 47.9 Å². The van der Waals surface area contributed by atoms with Crippen LogP contribution in [-0.2, 0) is 24.4 Å². The molecule has 0 amide bonds. The van der Waals surface area contributed by atoms with E-state index in [0.717, 1.165) is 36.5 Å². The summed E-state index contributed by atoms with van der Waals surface area (Å²) >= 11 is 0. The highest BCUT2D eigenvalue weighted by Crippen LogP contribution is 2.28. The number of carbonyl (C=O) groups is 1. The van der Waals surface area contributed by atoms with E-state index in [9.17, 15) is 4.79 Å². The van der Waals surface area contributed by atoms with Crippen LogP contribution in [-0.4, -0.2) is 29.1 Å². The Labute approximate surface area is 203 Å². The Balaban J connectivity index is 0.00000103. The average molecular weight is 456 g/mol. The normalized spacial score (nSPS) is 15.1. The van der Waals surface area contributed by atoms with Gasteiger partial charge in [-0.25, -0.2) is 0 Å². The van der Waals surface area contributed by atoms with Crippen molar-refractivity contribution in [3.05, 3.63) is 101 Å².